The molecule has 2 heterocycles. The summed E-state index contributed by atoms with van der Waals surface area (Å²) in [5.74, 6) is 0.879. The highest BCUT2D eigenvalue weighted by atomic mass is 19.4. The summed E-state index contributed by atoms with van der Waals surface area (Å²) in [6.07, 6.45) is -2.04. The lowest BCUT2D eigenvalue weighted by Crippen LogP contribution is -2.46. The van der Waals surface area contributed by atoms with Gasteiger partial charge in [-0.05, 0) is 24.3 Å². The summed E-state index contributed by atoms with van der Waals surface area (Å²) < 4.78 is 38.4. The zero-order chi connectivity index (χ0) is 17.9. The van der Waals surface area contributed by atoms with Crippen LogP contribution in [0, 0.1) is 0 Å². The van der Waals surface area contributed by atoms with Crippen LogP contribution in [0.4, 0.5) is 30.6 Å². The van der Waals surface area contributed by atoms with Crippen LogP contribution in [0.5, 0.6) is 0 Å². The predicted molar refractivity (Wildman–Crippen MR) is 86.6 cm³/mol. The molecule has 1 N–H and O–H groups in total. The fourth-order valence-corrected chi connectivity index (χ4v) is 2.52. The first-order chi connectivity index (χ1) is 12.0. The number of nitrogens with zero attached hydrogens (tertiary/aromatic N) is 4. The van der Waals surface area contributed by atoms with Gasteiger partial charge in [0.25, 0.3) is 0 Å². The minimum atomic E-state index is -4.40. The summed E-state index contributed by atoms with van der Waals surface area (Å²) >= 11 is 0. The van der Waals surface area contributed by atoms with Crippen molar-refractivity contribution in [1.29, 1.82) is 0 Å². The third-order valence-electron chi connectivity index (χ3n) is 3.85. The standard InChI is InChI=1S/C16H16F3N5O/c17-16(18,19)12-2-1-3-13(10-12)21-14-4-5-20-15(22-14)24-8-6-23(11-25)7-9-24/h1-5,10-11H,6-9H2,(H,20,21,22). The van der Waals surface area contributed by atoms with Gasteiger partial charge in [-0.3, -0.25) is 4.79 Å². The van der Waals surface area contributed by atoms with E-state index in [0.29, 0.717) is 43.6 Å². The Bertz CT molecular complexity index is 745. The smallest absolute Gasteiger partial charge is 0.342 e. The van der Waals surface area contributed by atoms with Crippen molar-refractivity contribution in [1.82, 2.24) is 14.9 Å². The minimum absolute atomic E-state index is 0.297. The number of carbonyl (C=O) groups is 1. The number of aromatic nitrogens is 2. The Morgan fingerprint density at radius 2 is 1.88 bits per heavy atom. The molecule has 1 aromatic heterocycles. The molecule has 1 amide bonds. The van der Waals surface area contributed by atoms with Crippen LogP contribution in [0.15, 0.2) is 36.5 Å². The highest BCUT2D eigenvalue weighted by Gasteiger charge is 2.30. The van der Waals surface area contributed by atoms with E-state index in [9.17, 15) is 18.0 Å². The largest absolute Gasteiger partial charge is 0.416 e. The van der Waals surface area contributed by atoms with Crippen molar-refractivity contribution in [2.45, 2.75) is 6.18 Å². The molecule has 0 bridgehead atoms. The second kappa shape index (κ2) is 6.96. The second-order valence-electron chi connectivity index (χ2n) is 5.57. The minimum Gasteiger partial charge on any atom is -0.342 e. The maximum Gasteiger partial charge on any atom is 0.416 e. The Morgan fingerprint density at radius 1 is 1.12 bits per heavy atom. The number of hydrogen-bond donors (Lipinski definition) is 1. The average molecular weight is 351 g/mol. The van der Waals surface area contributed by atoms with Crippen LogP contribution < -0.4 is 10.2 Å². The Labute approximate surface area is 142 Å². The molecule has 0 saturated carbocycles. The molecular formula is C16H16F3N5O. The fraction of sp³-hybridized carbons (Fsp3) is 0.312. The predicted octanol–water partition coefficient (Wildman–Crippen LogP) is 2.52. The van der Waals surface area contributed by atoms with E-state index in [4.69, 9.17) is 0 Å². The number of alkyl halides is 3. The van der Waals surface area contributed by atoms with Gasteiger partial charge in [0, 0.05) is 38.1 Å². The summed E-state index contributed by atoms with van der Waals surface area (Å²) in [4.78, 5) is 22.9. The number of anilines is 3. The average Bonchev–Trinajstić information content (AvgIpc) is 2.61. The van der Waals surface area contributed by atoms with Gasteiger partial charge in [-0.2, -0.15) is 18.2 Å². The van der Waals surface area contributed by atoms with Crippen LogP contribution in [0.1, 0.15) is 5.56 Å². The quantitative estimate of drug-likeness (QED) is 0.858. The van der Waals surface area contributed by atoms with Crippen LogP contribution in [-0.4, -0.2) is 47.5 Å². The molecule has 1 aliphatic rings. The third kappa shape index (κ3) is 4.17. The van der Waals surface area contributed by atoms with Crippen molar-refractivity contribution in [2.75, 3.05) is 36.4 Å². The molecule has 132 valence electrons. The zero-order valence-electron chi connectivity index (χ0n) is 13.2. The van der Waals surface area contributed by atoms with Gasteiger partial charge in [0.1, 0.15) is 5.82 Å². The molecule has 0 spiro atoms. The van der Waals surface area contributed by atoms with Gasteiger partial charge in [-0.15, -0.1) is 0 Å². The van der Waals surface area contributed by atoms with Gasteiger partial charge in [-0.1, -0.05) is 6.07 Å². The normalized spacial score (nSPS) is 15.2. The number of nitrogens with one attached hydrogen (secondary N) is 1. The van der Waals surface area contributed by atoms with Crippen molar-refractivity contribution in [2.24, 2.45) is 0 Å². The molecule has 25 heavy (non-hydrogen) atoms. The highest BCUT2D eigenvalue weighted by molar-refractivity contribution is 5.58. The van der Waals surface area contributed by atoms with Crippen LogP contribution in [0.25, 0.3) is 0 Å². The van der Waals surface area contributed by atoms with Gasteiger partial charge in [0.05, 0.1) is 5.56 Å². The van der Waals surface area contributed by atoms with E-state index < -0.39 is 11.7 Å². The molecule has 0 atom stereocenters. The number of hydrogen-bond acceptors (Lipinski definition) is 5. The molecule has 0 radical (unpaired) electrons. The molecule has 1 fully saturated rings. The second-order valence-corrected chi connectivity index (χ2v) is 5.57. The SMILES string of the molecule is O=CN1CCN(c2nccc(Nc3cccc(C(F)(F)F)c3)n2)CC1. The Kier molecular flexibility index (Phi) is 4.73. The fourth-order valence-electron chi connectivity index (χ4n) is 2.52. The Morgan fingerprint density at radius 3 is 2.56 bits per heavy atom. The lowest BCUT2D eigenvalue weighted by atomic mass is 10.2. The molecule has 2 aromatic rings. The van der Waals surface area contributed by atoms with Crippen LogP contribution in [0.3, 0.4) is 0 Å². The van der Waals surface area contributed by atoms with Crippen LogP contribution in [-0.2, 0) is 11.0 Å². The first kappa shape index (κ1) is 17.0. The summed E-state index contributed by atoms with van der Waals surface area (Å²) in [6.45, 7) is 2.37. The van der Waals surface area contributed by atoms with Gasteiger partial charge in [0.2, 0.25) is 12.4 Å². The summed E-state index contributed by atoms with van der Waals surface area (Å²) in [5, 5.41) is 2.87. The molecule has 0 aliphatic carbocycles. The van der Waals surface area contributed by atoms with E-state index in [-0.39, 0.29) is 0 Å². The van der Waals surface area contributed by atoms with Gasteiger partial charge in [0.15, 0.2) is 0 Å². The molecule has 1 saturated heterocycles. The van der Waals surface area contributed by atoms with E-state index >= 15 is 0 Å². The molecule has 0 unspecified atom stereocenters. The van der Waals surface area contributed by atoms with Crippen molar-refractivity contribution in [3.63, 3.8) is 0 Å². The van der Waals surface area contributed by atoms with Crippen molar-refractivity contribution >= 4 is 23.9 Å². The maximum atomic E-state index is 12.8. The number of rotatable bonds is 4. The Balaban J connectivity index is 1.73. The molecule has 6 nitrogen and oxygen atoms in total. The number of piperazine rings is 1. The molecule has 1 aliphatic heterocycles. The van der Waals surface area contributed by atoms with Gasteiger partial charge >= 0.3 is 6.18 Å². The molecular weight excluding hydrogens is 335 g/mol. The topological polar surface area (TPSA) is 61.4 Å². The highest BCUT2D eigenvalue weighted by Crippen LogP contribution is 2.31. The number of amides is 1. The molecule has 3 rings (SSSR count). The van der Waals surface area contributed by atoms with Crippen molar-refractivity contribution in [3.05, 3.63) is 42.1 Å². The Hall–Kier alpha value is -2.84. The maximum absolute atomic E-state index is 12.8. The van der Waals surface area contributed by atoms with Crippen LogP contribution >= 0.6 is 0 Å². The van der Waals surface area contributed by atoms with Crippen molar-refractivity contribution < 1.29 is 18.0 Å². The monoisotopic (exact) mass is 351 g/mol. The van der Waals surface area contributed by atoms with E-state index in [1.807, 2.05) is 4.90 Å². The van der Waals surface area contributed by atoms with Crippen molar-refractivity contribution in [3.8, 4) is 0 Å². The zero-order valence-corrected chi connectivity index (χ0v) is 13.2. The number of halogens is 3. The lowest BCUT2D eigenvalue weighted by Gasteiger charge is -2.32. The first-order valence-corrected chi connectivity index (χ1v) is 7.67. The molecule has 9 heteroatoms. The summed E-state index contributed by atoms with van der Waals surface area (Å²) in [7, 11) is 0. The van der Waals surface area contributed by atoms with E-state index in [1.54, 1.807) is 23.2 Å². The molecule has 1 aromatic carbocycles. The van der Waals surface area contributed by atoms with Gasteiger partial charge < -0.3 is 15.1 Å². The third-order valence-corrected chi connectivity index (χ3v) is 3.85. The first-order valence-electron chi connectivity index (χ1n) is 7.67. The van der Waals surface area contributed by atoms with Gasteiger partial charge in [-0.25, -0.2) is 4.98 Å². The number of benzene rings is 1. The summed E-state index contributed by atoms with van der Waals surface area (Å²) in [6, 6.07) is 6.52. The lowest BCUT2D eigenvalue weighted by molar-refractivity contribution is -0.137. The van der Waals surface area contributed by atoms with E-state index in [2.05, 4.69) is 15.3 Å². The van der Waals surface area contributed by atoms with E-state index in [0.717, 1.165) is 18.5 Å². The number of carbonyl (C=O) groups excluding carboxylic acids is 1. The van der Waals surface area contributed by atoms with E-state index in [1.165, 1.54) is 6.07 Å². The summed E-state index contributed by atoms with van der Waals surface area (Å²) in [5.41, 5.74) is -0.429. The van der Waals surface area contributed by atoms with Crippen LogP contribution in [0.2, 0.25) is 0 Å².